The third-order valence-corrected chi connectivity index (χ3v) is 4.34. The van der Waals surface area contributed by atoms with E-state index in [1.54, 1.807) is 0 Å². The van der Waals surface area contributed by atoms with Crippen molar-refractivity contribution in [3.8, 4) is 0 Å². The van der Waals surface area contributed by atoms with Gasteiger partial charge in [-0.1, -0.05) is 6.07 Å². The maximum atomic E-state index is 12.9. The van der Waals surface area contributed by atoms with Crippen molar-refractivity contribution in [1.29, 1.82) is 0 Å². The molecule has 0 unspecified atom stereocenters. The SMILES string of the molecule is O=C(Nc1cccc(C(F)(F)F)c1)c1cc([N+](=O)[O-])ccc1N1CCNCC1. The van der Waals surface area contributed by atoms with Gasteiger partial charge in [-0.3, -0.25) is 14.9 Å². The molecule has 0 aromatic heterocycles. The number of nitrogens with zero attached hydrogens (tertiary/aromatic N) is 2. The van der Waals surface area contributed by atoms with Gasteiger partial charge in [0.1, 0.15) is 0 Å². The lowest BCUT2D eigenvalue weighted by Crippen LogP contribution is -2.44. The fourth-order valence-electron chi connectivity index (χ4n) is 2.97. The Hall–Kier alpha value is -3.14. The fraction of sp³-hybridized carbons (Fsp3) is 0.278. The van der Waals surface area contributed by atoms with Crippen molar-refractivity contribution in [2.45, 2.75) is 6.18 Å². The summed E-state index contributed by atoms with van der Waals surface area (Å²) in [5.74, 6) is -0.712. The normalized spacial score (nSPS) is 14.6. The first-order valence-electron chi connectivity index (χ1n) is 8.48. The zero-order valence-electron chi connectivity index (χ0n) is 14.6. The van der Waals surface area contributed by atoms with E-state index in [1.807, 2.05) is 4.90 Å². The van der Waals surface area contributed by atoms with E-state index in [4.69, 9.17) is 0 Å². The summed E-state index contributed by atoms with van der Waals surface area (Å²) in [7, 11) is 0. The van der Waals surface area contributed by atoms with Crippen molar-refractivity contribution in [1.82, 2.24) is 5.32 Å². The van der Waals surface area contributed by atoms with Crippen molar-refractivity contribution < 1.29 is 22.9 Å². The Labute approximate surface area is 158 Å². The minimum Gasteiger partial charge on any atom is -0.368 e. The number of nitrogens with one attached hydrogen (secondary N) is 2. The number of anilines is 2. The Balaban J connectivity index is 1.93. The van der Waals surface area contributed by atoms with Crippen LogP contribution < -0.4 is 15.5 Å². The highest BCUT2D eigenvalue weighted by Crippen LogP contribution is 2.31. The molecule has 148 valence electrons. The Bertz CT molecular complexity index is 896. The topological polar surface area (TPSA) is 87.5 Å². The first-order valence-corrected chi connectivity index (χ1v) is 8.48. The monoisotopic (exact) mass is 394 g/mol. The van der Waals surface area contributed by atoms with Crippen LogP contribution in [0.15, 0.2) is 42.5 Å². The predicted octanol–water partition coefficient (Wildman–Crippen LogP) is 3.28. The molecule has 0 radical (unpaired) electrons. The van der Waals surface area contributed by atoms with Crippen LogP contribution in [-0.2, 0) is 6.18 Å². The first kappa shape index (κ1) is 19.6. The van der Waals surface area contributed by atoms with E-state index in [0.717, 1.165) is 18.2 Å². The number of hydrogen-bond acceptors (Lipinski definition) is 5. The van der Waals surface area contributed by atoms with Crippen molar-refractivity contribution >= 4 is 23.0 Å². The van der Waals surface area contributed by atoms with Crippen molar-refractivity contribution in [2.24, 2.45) is 0 Å². The van der Waals surface area contributed by atoms with Crippen molar-refractivity contribution in [3.05, 3.63) is 63.7 Å². The van der Waals surface area contributed by atoms with E-state index >= 15 is 0 Å². The Morgan fingerprint density at radius 1 is 1.14 bits per heavy atom. The molecule has 1 saturated heterocycles. The molecule has 0 atom stereocenters. The number of nitro benzene ring substituents is 1. The summed E-state index contributed by atoms with van der Waals surface area (Å²) in [5.41, 5.74) is -0.678. The van der Waals surface area contributed by atoms with Crippen LogP contribution in [0.4, 0.5) is 30.2 Å². The number of non-ortho nitro benzene ring substituents is 1. The zero-order valence-corrected chi connectivity index (χ0v) is 14.6. The van der Waals surface area contributed by atoms with Gasteiger partial charge in [0.25, 0.3) is 11.6 Å². The van der Waals surface area contributed by atoms with E-state index in [-0.39, 0.29) is 16.9 Å². The van der Waals surface area contributed by atoms with Crippen LogP contribution in [0.3, 0.4) is 0 Å². The Morgan fingerprint density at radius 3 is 2.50 bits per heavy atom. The second-order valence-electron chi connectivity index (χ2n) is 6.23. The lowest BCUT2D eigenvalue weighted by atomic mass is 10.1. The number of benzene rings is 2. The molecule has 0 saturated carbocycles. The van der Waals surface area contributed by atoms with Crippen molar-refractivity contribution in [2.75, 3.05) is 36.4 Å². The van der Waals surface area contributed by atoms with Gasteiger partial charge in [0.05, 0.1) is 21.7 Å². The van der Waals surface area contributed by atoms with Gasteiger partial charge < -0.3 is 15.5 Å². The van der Waals surface area contributed by atoms with Gasteiger partial charge in [-0.05, 0) is 24.3 Å². The van der Waals surface area contributed by atoms with Crippen molar-refractivity contribution in [3.63, 3.8) is 0 Å². The first-order chi connectivity index (χ1) is 13.3. The van der Waals surface area contributed by atoms with E-state index < -0.39 is 22.6 Å². The summed E-state index contributed by atoms with van der Waals surface area (Å²) in [6, 6.07) is 8.16. The second-order valence-corrected chi connectivity index (χ2v) is 6.23. The number of halogens is 3. The van der Waals surface area contributed by atoms with Crippen LogP contribution >= 0.6 is 0 Å². The number of alkyl halides is 3. The van der Waals surface area contributed by atoms with Gasteiger partial charge >= 0.3 is 6.18 Å². The number of amides is 1. The van der Waals surface area contributed by atoms with Gasteiger partial charge in [-0.2, -0.15) is 13.2 Å². The summed E-state index contributed by atoms with van der Waals surface area (Å²) in [5, 5.41) is 16.7. The number of piperazine rings is 1. The van der Waals surface area contributed by atoms with Crippen LogP contribution in [0.5, 0.6) is 0 Å². The highest BCUT2D eigenvalue weighted by Gasteiger charge is 2.30. The zero-order chi connectivity index (χ0) is 20.3. The standard InChI is InChI=1S/C18H17F3N4O3/c19-18(20,21)12-2-1-3-13(10-12)23-17(26)15-11-14(25(27)28)4-5-16(15)24-8-6-22-7-9-24/h1-5,10-11,22H,6-9H2,(H,23,26). The molecule has 2 aromatic carbocycles. The molecule has 3 rings (SSSR count). The number of hydrogen-bond donors (Lipinski definition) is 2. The van der Waals surface area contributed by atoms with E-state index in [2.05, 4.69) is 10.6 Å². The highest BCUT2D eigenvalue weighted by atomic mass is 19.4. The average Bonchev–Trinajstić information content (AvgIpc) is 2.67. The van der Waals surface area contributed by atoms with Gasteiger partial charge in [0, 0.05) is 44.0 Å². The van der Waals surface area contributed by atoms with E-state index in [9.17, 15) is 28.1 Å². The van der Waals surface area contributed by atoms with E-state index in [0.29, 0.717) is 31.9 Å². The molecule has 2 N–H and O–H groups in total. The molecular formula is C18H17F3N4O3. The molecule has 1 aliphatic rings. The summed E-state index contributed by atoms with van der Waals surface area (Å²) in [4.78, 5) is 25.1. The molecule has 1 fully saturated rings. The molecule has 1 heterocycles. The van der Waals surface area contributed by atoms with E-state index in [1.165, 1.54) is 24.3 Å². The fourth-order valence-corrected chi connectivity index (χ4v) is 2.97. The Kier molecular flexibility index (Phi) is 5.50. The van der Waals surface area contributed by atoms with Crippen LogP contribution in [0, 0.1) is 10.1 Å². The predicted molar refractivity (Wildman–Crippen MR) is 97.6 cm³/mol. The minimum atomic E-state index is -4.54. The lowest BCUT2D eigenvalue weighted by molar-refractivity contribution is -0.384. The molecule has 10 heteroatoms. The molecule has 0 bridgehead atoms. The van der Waals surface area contributed by atoms with Crippen LogP contribution in [0.1, 0.15) is 15.9 Å². The summed E-state index contributed by atoms with van der Waals surface area (Å²) >= 11 is 0. The smallest absolute Gasteiger partial charge is 0.368 e. The molecule has 2 aromatic rings. The minimum absolute atomic E-state index is 0.0357. The molecular weight excluding hydrogens is 377 g/mol. The number of carbonyl (C=O) groups excluding carboxylic acids is 1. The molecule has 28 heavy (non-hydrogen) atoms. The molecule has 0 aliphatic carbocycles. The summed E-state index contributed by atoms with van der Waals surface area (Å²) in [6.07, 6.45) is -4.54. The quantitative estimate of drug-likeness (QED) is 0.614. The van der Waals surface area contributed by atoms with Gasteiger partial charge in [-0.15, -0.1) is 0 Å². The summed E-state index contributed by atoms with van der Waals surface area (Å²) < 4.78 is 38.6. The van der Waals surface area contributed by atoms with Crippen LogP contribution in [0.2, 0.25) is 0 Å². The molecule has 1 amide bonds. The maximum Gasteiger partial charge on any atom is 0.416 e. The number of carbonyl (C=O) groups is 1. The highest BCUT2D eigenvalue weighted by molar-refractivity contribution is 6.08. The lowest BCUT2D eigenvalue weighted by Gasteiger charge is -2.30. The van der Waals surface area contributed by atoms with Crippen LogP contribution in [0.25, 0.3) is 0 Å². The largest absolute Gasteiger partial charge is 0.416 e. The van der Waals surface area contributed by atoms with Gasteiger partial charge in [-0.25, -0.2) is 0 Å². The molecule has 7 nitrogen and oxygen atoms in total. The number of rotatable bonds is 4. The maximum absolute atomic E-state index is 12.9. The van der Waals surface area contributed by atoms with Gasteiger partial charge in [0.15, 0.2) is 0 Å². The second kappa shape index (κ2) is 7.85. The van der Waals surface area contributed by atoms with Crippen LogP contribution in [-0.4, -0.2) is 37.0 Å². The number of nitro groups is 1. The Morgan fingerprint density at radius 2 is 1.86 bits per heavy atom. The average molecular weight is 394 g/mol. The molecule has 1 aliphatic heterocycles. The third-order valence-electron chi connectivity index (χ3n) is 4.34. The molecule has 0 spiro atoms. The summed E-state index contributed by atoms with van der Waals surface area (Å²) in [6.45, 7) is 2.57. The van der Waals surface area contributed by atoms with Gasteiger partial charge in [0.2, 0.25) is 0 Å². The third kappa shape index (κ3) is 4.39.